The highest BCUT2D eigenvalue weighted by Crippen LogP contribution is 2.40. The Morgan fingerprint density at radius 1 is 1.38 bits per heavy atom. The van der Waals surface area contributed by atoms with Crippen molar-refractivity contribution in [2.24, 2.45) is 11.7 Å². The van der Waals surface area contributed by atoms with E-state index in [1.807, 2.05) is 0 Å². The Kier molecular flexibility index (Phi) is 2.28. The molecule has 2 fully saturated rings. The number of nitrogens with two attached hydrogens (primary N) is 1. The molecule has 16 heavy (non-hydrogen) atoms. The van der Waals surface area contributed by atoms with Crippen LogP contribution in [0.3, 0.4) is 0 Å². The minimum absolute atomic E-state index is 0.276. The van der Waals surface area contributed by atoms with Crippen LogP contribution in [0.15, 0.2) is 0 Å². The summed E-state index contributed by atoms with van der Waals surface area (Å²) in [6, 6.07) is 0. The van der Waals surface area contributed by atoms with E-state index in [4.69, 9.17) is 5.73 Å². The zero-order chi connectivity index (χ0) is 11.2. The lowest BCUT2D eigenvalue weighted by Gasteiger charge is -2.34. The van der Waals surface area contributed by atoms with E-state index < -0.39 is 0 Å². The Labute approximate surface area is 96.0 Å². The standard InChI is InChI=1S/C12H20N4/c1-8-3-2-6-12(13,7-8)11-14-10(15-16-11)9-4-5-9/h8-9H,2-7,13H2,1H3,(H,14,15,16). The number of H-pyrrole nitrogens is 1. The van der Waals surface area contributed by atoms with Crippen LogP contribution in [0.1, 0.15) is 63.0 Å². The van der Waals surface area contributed by atoms with Crippen LogP contribution in [-0.4, -0.2) is 15.2 Å². The zero-order valence-corrected chi connectivity index (χ0v) is 9.87. The highest BCUT2D eigenvalue weighted by Gasteiger charge is 2.37. The minimum atomic E-state index is -0.276. The Balaban J connectivity index is 1.82. The molecule has 0 aliphatic heterocycles. The molecule has 0 aromatic carbocycles. The molecule has 1 heterocycles. The van der Waals surface area contributed by atoms with Crippen LogP contribution in [0.4, 0.5) is 0 Å². The van der Waals surface area contributed by atoms with Crippen molar-refractivity contribution >= 4 is 0 Å². The number of aromatic amines is 1. The average Bonchev–Trinajstić information content (AvgIpc) is 2.95. The summed E-state index contributed by atoms with van der Waals surface area (Å²) in [6.45, 7) is 2.27. The Morgan fingerprint density at radius 3 is 2.88 bits per heavy atom. The monoisotopic (exact) mass is 220 g/mol. The van der Waals surface area contributed by atoms with Gasteiger partial charge < -0.3 is 5.73 Å². The van der Waals surface area contributed by atoms with E-state index in [0.717, 1.165) is 24.5 Å². The van der Waals surface area contributed by atoms with Crippen molar-refractivity contribution in [3.63, 3.8) is 0 Å². The number of hydrogen-bond donors (Lipinski definition) is 2. The molecule has 2 aliphatic carbocycles. The van der Waals surface area contributed by atoms with E-state index in [9.17, 15) is 0 Å². The summed E-state index contributed by atoms with van der Waals surface area (Å²) < 4.78 is 0. The summed E-state index contributed by atoms with van der Waals surface area (Å²) in [5.41, 5.74) is 6.18. The molecule has 0 saturated heterocycles. The fraction of sp³-hybridized carbons (Fsp3) is 0.833. The smallest absolute Gasteiger partial charge is 0.170 e. The molecule has 3 N–H and O–H groups in total. The van der Waals surface area contributed by atoms with Gasteiger partial charge in [-0.25, -0.2) is 4.98 Å². The molecule has 0 amide bonds. The molecule has 3 rings (SSSR count). The summed E-state index contributed by atoms with van der Waals surface area (Å²) in [6.07, 6.45) is 7.04. The zero-order valence-electron chi connectivity index (χ0n) is 9.87. The first kappa shape index (κ1) is 10.3. The van der Waals surface area contributed by atoms with Crippen molar-refractivity contribution in [1.82, 2.24) is 15.2 Å². The first-order valence-corrected chi connectivity index (χ1v) is 6.39. The number of hydrogen-bond acceptors (Lipinski definition) is 3. The lowest BCUT2D eigenvalue weighted by atomic mass is 9.76. The Hall–Kier alpha value is -0.900. The second-order valence-electron chi connectivity index (χ2n) is 5.68. The average molecular weight is 220 g/mol. The molecule has 1 aromatic rings. The fourth-order valence-electron chi connectivity index (χ4n) is 2.83. The first-order valence-electron chi connectivity index (χ1n) is 6.39. The van der Waals surface area contributed by atoms with Crippen LogP contribution in [0.2, 0.25) is 0 Å². The van der Waals surface area contributed by atoms with Gasteiger partial charge >= 0.3 is 0 Å². The van der Waals surface area contributed by atoms with Gasteiger partial charge in [-0.15, -0.1) is 0 Å². The summed E-state index contributed by atoms with van der Waals surface area (Å²) in [5, 5.41) is 7.41. The molecule has 2 unspecified atom stereocenters. The third-order valence-corrected chi connectivity index (χ3v) is 3.94. The van der Waals surface area contributed by atoms with Gasteiger partial charge in [0.2, 0.25) is 0 Å². The molecule has 0 bridgehead atoms. The van der Waals surface area contributed by atoms with Gasteiger partial charge in [0, 0.05) is 5.92 Å². The normalized spacial score (nSPS) is 35.2. The summed E-state index contributed by atoms with van der Waals surface area (Å²) in [5.74, 6) is 3.23. The maximum atomic E-state index is 6.46. The van der Waals surface area contributed by atoms with E-state index in [2.05, 4.69) is 22.1 Å². The van der Waals surface area contributed by atoms with Crippen LogP contribution in [0, 0.1) is 5.92 Å². The van der Waals surface area contributed by atoms with Crippen LogP contribution < -0.4 is 5.73 Å². The quantitative estimate of drug-likeness (QED) is 0.801. The van der Waals surface area contributed by atoms with Gasteiger partial charge in [-0.2, -0.15) is 5.10 Å². The Morgan fingerprint density at radius 2 is 2.19 bits per heavy atom. The molecule has 2 saturated carbocycles. The molecule has 88 valence electrons. The van der Waals surface area contributed by atoms with Gasteiger partial charge in [0.15, 0.2) is 5.82 Å². The van der Waals surface area contributed by atoms with Gasteiger partial charge in [0.25, 0.3) is 0 Å². The second kappa shape index (κ2) is 3.55. The molecule has 0 radical (unpaired) electrons. The predicted octanol–water partition coefficient (Wildman–Crippen LogP) is 2.05. The summed E-state index contributed by atoms with van der Waals surface area (Å²) >= 11 is 0. The predicted molar refractivity (Wildman–Crippen MR) is 61.9 cm³/mol. The summed E-state index contributed by atoms with van der Waals surface area (Å²) in [4.78, 5) is 4.61. The number of nitrogens with zero attached hydrogens (tertiary/aromatic N) is 2. The topological polar surface area (TPSA) is 67.6 Å². The van der Waals surface area contributed by atoms with Crippen molar-refractivity contribution in [1.29, 1.82) is 0 Å². The van der Waals surface area contributed by atoms with Crippen LogP contribution in [0.5, 0.6) is 0 Å². The van der Waals surface area contributed by atoms with Crippen LogP contribution in [0.25, 0.3) is 0 Å². The highest BCUT2D eigenvalue weighted by atomic mass is 15.2. The van der Waals surface area contributed by atoms with Crippen molar-refractivity contribution in [2.75, 3.05) is 0 Å². The van der Waals surface area contributed by atoms with Crippen LogP contribution >= 0.6 is 0 Å². The molecule has 1 aromatic heterocycles. The lowest BCUT2D eigenvalue weighted by Crippen LogP contribution is -2.42. The number of nitrogens with one attached hydrogen (secondary N) is 1. The van der Waals surface area contributed by atoms with Gasteiger partial charge in [-0.3, -0.25) is 5.10 Å². The molecule has 4 nitrogen and oxygen atoms in total. The molecule has 2 aliphatic rings. The van der Waals surface area contributed by atoms with E-state index in [-0.39, 0.29) is 5.54 Å². The number of rotatable bonds is 2. The van der Waals surface area contributed by atoms with Gasteiger partial charge in [0.05, 0.1) is 5.54 Å². The van der Waals surface area contributed by atoms with Gasteiger partial charge in [-0.1, -0.05) is 19.8 Å². The van der Waals surface area contributed by atoms with E-state index in [0.29, 0.717) is 11.8 Å². The van der Waals surface area contributed by atoms with E-state index in [1.54, 1.807) is 0 Å². The van der Waals surface area contributed by atoms with Crippen molar-refractivity contribution in [3.8, 4) is 0 Å². The SMILES string of the molecule is CC1CCCC(N)(c2n[nH]c(C3CC3)n2)C1. The maximum Gasteiger partial charge on any atom is 0.170 e. The lowest BCUT2D eigenvalue weighted by molar-refractivity contribution is 0.228. The second-order valence-corrected chi connectivity index (χ2v) is 5.68. The third kappa shape index (κ3) is 1.75. The summed E-state index contributed by atoms with van der Waals surface area (Å²) in [7, 11) is 0. The molecule has 0 spiro atoms. The molecular formula is C12H20N4. The Bertz CT molecular complexity index is 382. The van der Waals surface area contributed by atoms with E-state index in [1.165, 1.54) is 25.7 Å². The fourth-order valence-corrected chi connectivity index (χ4v) is 2.83. The van der Waals surface area contributed by atoms with Crippen molar-refractivity contribution in [3.05, 3.63) is 11.6 Å². The van der Waals surface area contributed by atoms with Gasteiger partial charge in [0.1, 0.15) is 5.82 Å². The maximum absolute atomic E-state index is 6.46. The van der Waals surface area contributed by atoms with Crippen LogP contribution in [-0.2, 0) is 5.54 Å². The first-order chi connectivity index (χ1) is 7.67. The minimum Gasteiger partial charge on any atom is -0.319 e. The van der Waals surface area contributed by atoms with Crippen molar-refractivity contribution in [2.45, 2.75) is 56.9 Å². The van der Waals surface area contributed by atoms with Crippen molar-refractivity contribution < 1.29 is 0 Å². The highest BCUT2D eigenvalue weighted by molar-refractivity contribution is 5.11. The molecule has 4 heteroatoms. The molecular weight excluding hydrogens is 200 g/mol. The van der Waals surface area contributed by atoms with E-state index >= 15 is 0 Å². The third-order valence-electron chi connectivity index (χ3n) is 3.94. The molecule has 2 atom stereocenters. The van der Waals surface area contributed by atoms with Gasteiger partial charge in [-0.05, 0) is 31.6 Å². The number of aromatic nitrogens is 3. The largest absolute Gasteiger partial charge is 0.319 e.